The van der Waals surface area contributed by atoms with E-state index < -0.39 is 0 Å². The standard InChI is InChI=1S/C15H20N2O2/c1-11(18)14-5-6-17(10-14)9-12-3-4-13(8-16)15(7-12)19-2/h3-4,7,11,14,18H,5-6,9-10H2,1-2H3. The molecule has 4 nitrogen and oxygen atoms in total. The normalized spacial score (nSPS) is 21.1. The first-order valence-electron chi connectivity index (χ1n) is 6.61. The van der Waals surface area contributed by atoms with Crippen LogP contribution in [0.1, 0.15) is 24.5 Å². The second-order valence-corrected chi connectivity index (χ2v) is 5.17. The molecule has 0 bridgehead atoms. The molecule has 4 heteroatoms. The van der Waals surface area contributed by atoms with Gasteiger partial charge >= 0.3 is 0 Å². The number of nitrogens with zero attached hydrogens (tertiary/aromatic N) is 2. The van der Waals surface area contributed by atoms with Crippen LogP contribution in [-0.4, -0.2) is 36.3 Å². The molecule has 0 saturated carbocycles. The summed E-state index contributed by atoms with van der Waals surface area (Å²) in [6.07, 6.45) is 0.811. The molecule has 1 aromatic rings. The number of benzene rings is 1. The van der Waals surface area contributed by atoms with Gasteiger partial charge in [-0.25, -0.2) is 0 Å². The highest BCUT2D eigenvalue weighted by atomic mass is 16.5. The van der Waals surface area contributed by atoms with Crippen LogP contribution in [0.4, 0.5) is 0 Å². The molecule has 0 amide bonds. The number of hydrogen-bond donors (Lipinski definition) is 1. The minimum Gasteiger partial charge on any atom is -0.495 e. The molecule has 0 aromatic heterocycles. The summed E-state index contributed by atoms with van der Waals surface area (Å²) < 4.78 is 5.22. The van der Waals surface area contributed by atoms with Gasteiger partial charge in [0, 0.05) is 13.1 Å². The van der Waals surface area contributed by atoms with E-state index in [1.807, 2.05) is 19.1 Å². The first kappa shape index (κ1) is 13.9. The Morgan fingerprint density at radius 3 is 2.95 bits per heavy atom. The minimum absolute atomic E-state index is 0.236. The van der Waals surface area contributed by atoms with E-state index in [4.69, 9.17) is 10.00 Å². The van der Waals surface area contributed by atoms with Gasteiger partial charge in [0.15, 0.2) is 0 Å². The average molecular weight is 260 g/mol. The van der Waals surface area contributed by atoms with Crippen molar-refractivity contribution in [2.45, 2.75) is 26.0 Å². The van der Waals surface area contributed by atoms with Gasteiger partial charge in [0.05, 0.1) is 18.8 Å². The van der Waals surface area contributed by atoms with Gasteiger partial charge in [0.1, 0.15) is 11.8 Å². The Kier molecular flexibility index (Phi) is 4.41. The Hall–Kier alpha value is -1.57. The number of hydrogen-bond acceptors (Lipinski definition) is 4. The molecule has 1 aliphatic heterocycles. The predicted molar refractivity (Wildman–Crippen MR) is 72.8 cm³/mol. The van der Waals surface area contributed by atoms with E-state index in [2.05, 4.69) is 11.0 Å². The summed E-state index contributed by atoms with van der Waals surface area (Å²) in [5.74, 6) is 1.01. The summed E-state index contributed by atoms with van der Waals surface area (Å²) in [7, 11) is 1.58. The molecule has 0 radical (unpaired) electrons. The quantitative estimate of drug-likeness (QED) is 0.896. The van der Waals surface area contributed by atoms with Crippen LogP contribution in [0.2, 0.25) is 0 Å². The Bertz CT molecular complexity index is 480. The van der Waals surface area contributed by atoms with E-state index >= 15 is 0 Å². The number of aliphatic hydroxyl groups excluding tert-OH is 1. The second-order valence-electron chi connectivity index (χ2n) is 5.17. The SMILES string of the molecule is COc1cc(CN2CCC(C(C)O)C2)ccc1C#N. The zero-order valence-electron chi connectivity index (χ0n) is 11.5. The number of nitriles is 1. The molecule has 19 heavy (non-hydrogen) atoms. The fourth-order valence-electron chi connectivity index (χ4n) is 2.58. The first-order valence-corrected chi connectivity index (χ1v) is 6.61. The van der Waals surface area contributed by atoms with Crippen LogP contribution in [0.3, 0.4) is 0 Å². The fourth-order valence-corrected chi connectivity index (χ4v) is 2.58. The molecular weight excluding hydrogens is 240 g/mol. The van der Waals surface area contributed by atoms with E-state index in [1.165, 1.54) is 0 Å². The average Bonchev–Trinajstić information content (AvgIpc) is 2.87. The van der Waals surface area contributed by atoms with Crippen LogP contribution in [0.25, 0.3) is 0 Å². The van der Waals surface area contributed by atoms with Crippen molar-refractivity contribution >= 4 is 0 Å². The van der Waals surface area contributed by atoms with Gasteiger partial charge in [-0.05, 0) is 43.5 Å². The number of aliphatic hydroxyl groups is 1. The van der Waals surface area contributed by atoms with Crippen molar-refractivity contribution in [2.75, 3.05) is 20.2 Å². The van der Waals surface area contributed by atoms with Crippen LogP contribution in [-0.2, 0) is 6.54 Å². The molecule has 1 fully saturated rings. The molecule has 0 aliphatic carbocycles. The molecule has 2 atom stereocenters. The zero-order chi connectivity index (χ0) is 13.8. The number of rotatable bonds is 4. The van der Waals surface area contributed by atoms with Crippen molar-refractivity contribution in [1.29, 1.82) is 5.26 Å². The number of methoxy groups -OCH3 is 1. The molecule has 1 heterocycles. The van der Waals surface area contributed by atoms with Crippen molar-refractivity contribution in [1.82, 2.24) is 4.90 Å². The fraction of sp³-hybridized carbons (Fsp3) is 0.533. The maximum atomic E-state index is 9.60. The Morgan fingerprint density at radius 2 is 2.37 bits per heavy atom. The maximum Gasteiger partial charge on any atom is 0.136 e. The summed E-state index contributed by atoms with van der Waals surface area (Å²) in [5.41, 5.74) is 1.71. The van der Waals surface area contributed by atoms with E-state index in [-0.39, 0.29) is 6.10 Å². The van der Waals surface area contributed by atoms with Crippen LogP contribution >= 0.6 is 0 Å². The highest BCUT2D eigenvalue weighted by Gasteiger charge is 2.25. The Balaban J connectivity index is 2.03. The first-order chi connectivity index (χ1) is 9.13. The van der Waals surface area contributed by atoms with Gasteiger partial charge in [-0.1, -0.05) is 6.07 Å². The van der Waals surface area contributed by atoms with Crippen molar-refractivity contribution in [2.24, 2.45) is 5.92 Å². The van der Waals surface area contributed by atoms with Gasteiger partial charge < -0.3 is 9.84 Å². The van der Waals surface area contributed by atoms with Gasteiger partial charge in [-0.2, -0.15) is 5.26 Å². The highest BCUT2D eigenvalue weighted by molar-refractivity contribution is 5.45. The summed E-state index contributed by atoms with van der Waals surface area (Å²) in [4.78, 5) is 2.33. The van der Waals surface area contributed by atoms with E-state index in [1.54, 1.807) is 13.2 Å². The Labute approximate surface area is 114 Å². The Morgan fingerprint density at radius 1 is 1.58 bits per heavy atom. The minimum atomic E-state index is -0.236. The largest absolute Gasteiger partial charge is 0.495 e. The number of likely N-dealkylation sites (tertiary alicyclic amines) is 1. The summed E-state index contributed by atoms with van der Waals surface area (Å²) in [5, 5.41) is 18.6. The molecular formula is C15H20N2O2. The van der Waals surface area contributed by atoms with Gasteiger partial charge in [-0.15, -0.1) is 0 Å². The predicted octanol–water partition coefficient (Wildman–Crippen LogP) is 1.77. The molecule has 1 aromatic carbocycles. The monoisotopic (exact) mass is 260 g/mol. The molecule has 102 valence electrons. The van der Waals surface area contributed by atoms with E-state index in [9.17, 15) is 5.11 Å². The highest BCUT2D eigenvalue weighted by Crippen LogP contribution is 2.24. The topological polar surface area (TPSA) is 56.5 Å². The summed E-state index contributed by atoms with van der Waals surface area (Å²) >= 11 is 0. The van der Waals surface area contributed by atoms with Crippen molar-refractivity contribution in [3.05, 3.63) is 29.3 Å². The van der Waals surface area contributed by atoms with E-state index in [0.29, 0.717) is 17.2 Å². The summed E-state index contributed by atoms with van der Waals surface area (Å²) in [6.45, 7) is 4.64. The number of ether oxygens (including phenoxy) is 1. The zero-order valence-corrected chi connectivity index (χ0v) is 11.5. The lowest BCUT2D eigenvalue weighted by molar-refractivity contribution is 0.127. The van der Waals surface area contributed by atoms with Crippen molar-refractivity contribution in [3.8, 4) is 11.8 Å². The molecule has 1 aliphatic rings. The van der Waals surface area contributed by atoms with Crippen LogP contribution in [0, 0.1) is 17.2 Å². The van der Waals surface area contributed by atoms with Gasteiger partial charge in [0.25, 0.3) is 0 Å². The van der Waals surface area contributed by atoms with E-state index in [0.717, 1.165) is 31.6 Å². The summed E-state index contributed by atoms with van der Waals surface area (Å²) in [6, 6.07) is 7.81. The van der Waals surface area contributed by atoms with Crippen LogP contribution in [0.15, 0.2) is 18.2 Å². The third kappa shape index (κ3) is 3.25. The molecule has 1 saturated heterocycles. The van der Waals surface area contributed by atoms with Crippen LogP contribution in [0.5, 0.6) is 5.75 Å². The molecule has 1 N–H and O–H groups in total. The smallest absolute Gasteiger partial charge is 0.136 e. The van der Waals surface area contributed by atoms with Gasteiger partial charge in [-0.3, -0.25) is 4.90 Å². The maximum absolute atomic E-state index is 9.60. The van der Waals surface area contributed by atoms with Crippen LogP contribution < -0.4 is 4.74 Å². The molecule has 0 spiro atoms. The third-order valence-electron chi connectivity index (χ3n) is 3.78. The van der Waals surface area contributed by atoms with Crippen molar-refractivity contribution in [3.63, 3.8) is 0 Å². The lowest BCUT2D eigenvalue weighted by Crippen LogP contribution is -2.23. The van der Waals surface area contributed by atoms with Crippen molar-refractivity contribution < 1.29 is 9.84 Å². The lowest BCUT2D eigenvalue weighted by atomic mass is 10.0. The molecule has 2 unspecified atom stereocenters. The second kappa shape index (κ2) is 6.05. The third-order valence-corrected chi connectivity index (χ3v) is 3.78. The lowest BCUT2D eigenvalue weighted by Gasteiger charge is -2.18. The molecule has 2 rings (SSSR count). The van der Waals surface area contributed by atoms with Gasteiger partial charge in [0.2, 0.25) is 0 Å².